The van der Waals surface area contributed by atoms with E-state index in [4.69, 9.17) is 9.26 Å². The Labute approximate surface area is 118 Å². The van der Waals surface area contributed by atoms with Gasteiger partial charge in [-0.1, -0.05) is 30.3 Å². The van der Waals surface area contributed by atoms with Crippen molar-refractivity contribution in [3.8, 4) is 5.75 Å². The third-order valence-corrected chi connectivity index (χ3v) is 3.43. The molecule has 5 heteroatoms. The normalized spacial score (nSPS) is 17.6. The second-order valence-electron chi connectivity index (χ2n) is 5.04. The molecule has 1 atom stereocenters. The van der Waals surface area contributed by atoms with Gasteiger partial charge >= 0.3 is 0 Å². The van der Waals surface area contributed by atoms with E-state index < -0.39 is 0 Å². The van der Waals surface area contributed by atoms with E-state index in [1.54, 1.807) is 0 Å². The number of hydrogen-bond acceptors (Lipinski definition) is 5. The standard InChI is InChI=1S/C15H19N3O2/c1-2-7-16-9-14-17-15(18-20-14)12-8-11-5-3-4-6-13(11)19-10-12/h3-6,12,16H,2,7-10H2,1H3. The number of benzene rings is 1. The molecule has 1 aliphatic rings. The quantitative estimate of drug-likeness (QED) is 0.847. The van der Waals surface area contributed by atoms with Crippen LogP contribution in [-0.2, 0) is 13.0 Å². The summed E-state index contributed by atoms with van der Waals surface area (Å²) in [5, 5.41) is 7.34. The summed E-state index contributed by atoms with van der Waals surface area (Å²) >= 11 is 0. The molecule has 1 N–H and O–H groups in total. The number of rotatable bonds is 5. The van der Waals surface area contributed by atoms with Crippen LogP contribution in [0.2, 0.25) is 0 Å². The predicted octanol–water partition coefficient (Wildman–Crippen LogP) is 2.29. The first-order valence-corrected chi connectivity index (χ1v) is 7.10. The van der Waals surface area contributed by atoms with Crippen molar-refractivity contribution in [1.82, 2.24) is 15.5 Å². The number of nitrogens with one attached hydrogen (secondary N) is 1. The highest BCUT2D eigenvalue weighted by Gasteiger charge is 2.25. The molecule has 20 heavy (non-hydrogen) atoms. The Kier molecular flexibility index (Phi) is 3.97. The van der Waals surface area contributed by atoms with Gasteiger partial charge in [-0.3, -0.25) is 0 Å². The van der Waals surface area contributed by atoms with Crippen LogP contribution in [0, 0.1) is 0 Å². The summed E-state index contributed by atoms with van der Waals surface area (Å²) in [5.41, 5.74) is 1.21. The Morgan fingerprint density at radius 3 is 3.15 bits per heavy atom. The van der Waals surface area contributed by atoms with Crippen molar-refractivity contribution >= 4 is 0 Å². The van der Waals surface area contributed by atoms with E-state index in [-0.39, 0.29) is 5.92 Å². The van der Waals surface area contributed by atoms with Crippen LogP contribution in [0.4, 0.5) is 0 Å². The van der Waals surface area contributed by atoms with Gasteiger partial charge in [0.15, 0.2) is 5.82 Å². The summed E-state index contributed by atoms with van der Waals surface area (Å²) in [4.78, 5) is 4.46. The maximum atomic E-state index is 5.76. The van der Waals surface area contributed by atoms with Crippen LogP contribution in [0.1, 0.15) is 36.5 Å². The number of aromatic nitrogens is 2. The third-order valence-electron chi connectivity index (χ3n) is 3.43. The van der Waals surface area contributed by atoms with Gasteiger partial charge in [0.25, 0.3) is 0 Å². The SMILES string of the molecule is CCCNCc1nc(C2COc3ccccc3C2)no1. The Morgan fingerprint density at radius 1 is 1.35 bits per heavy atom. The molecule has 1 unspecified atom stereocenters. The average Bonchev–Trinajstić information content (AvgIpc) is 2.96. The first-order valence-electron chi connectivity index (χ1n) is 7.10. The van der Waals surface area contributed by atoms with Crippen LogP contribution < -0.4 is 10.1 Å². The van der Waals surface area contributed by atoms with Gasteiger partial charge < -0.3 is 14.6 Å². The lowest BCUT2D eigenvalue weighted by atomic mass is 9.96. The second kappa shape index (κ2) is 6.05. The Hall–Kier alpha value is -1.88. The molecular formula is C15H19N3O2. The van der Waals surface area contributed by atoms with Crippen molar-refractivity contribution < 1.29 is 9.26 Å². The number of ether oxygens (including phenoxy) is 1. The highest BCUT2D eigenvalue weighted by Crippen LogP contribution is 2.30. The minimum Gasteiger partial charge on any atom is -0.493 e. The molecule has 0 bridgehead atoms. The maximum absolute atomic E-state index is 5.76. The van der Waals surface area contributed by atoms with E-state index in [1.165, 1.54) is 5.56 Å². The van der Waals surface area contributed by atoms with Gasteiger partial charge in [-0.2, -0.15) is 4.98 Å². The fraction of sp³-hybridized carbons (Fsp3) is 0.467. The maximum Gasteiger partial charge on any atom is 0.240 e. The highest BCUT2D eigenvalue weighted by atomic mass is 16.5. The lowest BCUT2D eigenvalue weighted by Crippen LogP contribution is -2.20. The van der Waals surface area contributed by atoms with E-state index in [9.17, 15) is 0 Å². The molecule has 0 spiro atoms. The zero-order valence-electron chi connectivity index (χ0n) is 11.6. The summed E-state index contributed by atoms with van der Waals surface area (Å²) in [6, 6.07) is 8.11. The van der Waals surface area contributed by atoms with Crippen molar-refractivity contribution in [2.45, 2.75) is 32.2 Å². The van der Waals surface area contributed by atoms with Crippen LogP contribution in [0.5, 0.6) is 5.75 Å². The van der Waals surface area contributed by atoms with Crippen molar-refractivity contribution in [3.05, 3.63) is 41.5 Å². The average molecular weight is 273 g/mol. The van der Waals surface area contributed by atoms with E-state index >= 15 is 0 Å². The second-order valence-corrected chi connectivity index (χ2v) is 5.04. The molecular weight excluding hydrogens is 254 g/mol. The van der Waals surface area contributed by atoms with Crippen LogP contribution in [-0.4, -0.2) is 23.3 Å². The van der Waals surface area contributed by atoms with Gasteiger partial charge in [0, 0.05) is 0 Å². The van der Waals surface area contributed by atoms with Gasteiger partial charge in [0.1, 0.15) is 5.75 Å². The van der Waals surface area contributed by atoms with Crippen LogP contribution in [0.3, 0.4) is 0 Å². The van der Waals surface area contributed by atoms with Crippen LogP contribution in [0.15, 0.2) is 28.8 Å². The number of fused-ring (bicyclic) bond motifs is 1. The van der Waals surface area contributed by atoms with Gasteiger partial charge in [-0.05, 0) is 31.0 Å². The first kappa shape index (κ1) is 13.1. The topological polar surface area (TPSA) is 60.2 Å². The molecule has 0 saturated carbocycles. The molecule has 0 saturated heterocycles. The molecule has 0 aliphatic carbocycles. The number of nitrogens with zero attached hydrogens (tertiary/aromatic N) is 2. The Balaban J connectivity index is 1.66. The summed E-state index contributed by atoms with van der Waals surface area (Å²) in [5.74, 6) is 2.53. The molecule has 106 valence electrons. The third kappa shape index (κ3) is 2.82. The summed E-state index contributed by atoms with van der Waals surface area (Å²) < 4.78 is 11.0. The van der Waals surface area contributed by atoms with Gasteiger partial charge in [0.2, 0.25) is 5.89 Å². The van der Waals surface area contributed by atoms with E-state index in [0.29, 0.717) is 19.0 Å². The fourth-order valence-electron chi connectivity index (χ4n) is 2.37. The monoisotopic (exact) mass is 273 g/mol. The largest absolute Gasteiger partial charge is 0.493 e. The molecule has 0 radical (unpaired) electrons. The predicted molar refractivity (Wildman–Crippen MR) is 74.7 cm³/mol. The smallest absolute Gasteiger partial charge is 0.240 e. The lowest BCUT2D eigenvalue weighted by molar-refractivity contribution is 0.253. The van der Waals surface area contributed by atoms with Gasteiger partial charge in [0.05, 0.1) is 19.1 Å². The fourth-order valence-corrected chi connectivity index (χ4v) is 2.37. The molecule has 2 aromatic rings. The zero-order valence-corrected chi connectivity index (χ0v) is 11.6. The molecule has 1 aliphatic heterocycles. The van der Waals surface area contributed by atoms with Crippen molar-refractivity contribution in [3.63, 3.8) is 0 Å². The van der Waals surface area contributed by atoms with Crippen molar-refractivity contribution in [1.29, 1.82) is 0 Å². The molecule has 0 fully saturated rings. The number of para-hydroxylation sites is 1. The van der Waals surface area contributed by atoms with Crippen LogP contribution in [0.25, 0.3) is 0 Å². The molecule has 1 aromatic heterocycles. The van der Waals surface area contributed by atoms with Gasteiger partial charge in [-0.25, -0.2) is 0 Å². The minimum absolute atomic E-state index is 0.175. The van der Waals surface area contributed by atoms with E-state index in [1.807, 2.05) is 18.2 Å². The first-order chi connectivity index (χ1) is 9.86. The Bertz CT molecular complexity index is 568. The van der Waals surface area contributed by atoms with Crippen molar-refractivity contribution in [2.75, 3.05) is 13.2 Å². The van der Waals surface area contributed by atoms with E-state index in [2.05, 4.69) is 28.4 Å². The van der Waals surface area contributed by atoms with Crippen molar-refractivity contribution in [2.24, 2.45) is 0 Å². The summed E-state index contributed by atoms with van der Waals surface area (Å²) in [6.07, 6.45) is 1.99. The molecule has 5 nitrogen and oxygen atoms in total. The molecule has 1 aromatic carbocycles. The Morgan fingerprint density at radius 2 is 2.25 bits per heavy atom. The zero-order chi connectivity index (χ0) is 13.8. The number of hydrogen-bond donors (Lipinski definition) is 1. The summed E-state index contributed by atoms with van der Waals surface area (Å²) in [6.45, 7) is 4.32. The van der Waals surface area contributed by atoms with Crippen LogP contribution >= 0.6 is 0 Å². The summed E-state index contributed by atoms with van der Waals surface area (Å²) in [7, 11) is 0. The highest BCUT2D eigenvalue weighted by molar-refractivity contribution is 5.36. The van der Waals surface area contributed by atoms with Gasteiger partial charge in [-0.15, -0.1) is 0 Å². The molecule has 2 heterocycles. The minimum atomic E-state index is 0.175. The van der Waals surface area contributed by atoms with E-state index in [0.717, 1.165) is 31.0 Å². The molecule has 3 rings (SSSR count). The molecule has 0 amide bonds. The lowest BCUT2D eigenvalue weighted by Gasteiger charge is -2.22.